The Hall–Kier alpha value is -2.76. The van der Waals surface area contributed by atoms with Crippen LogP contribution in [0.15, 0.2) is 47.5 Å². The number of aliphatic hydroxyl groups excluding tert-OH is 1. The van der Waals surface area contributed by atoms with Crippen molar-refractivity contribution < 1.29 is 19.1 Å². The lowest BCUT2D eigenvalue weighted by Crippen LogP contribution is -2.22. The fraction of sp³-hybridized carbons (Fsp3) is 0.318. The molecule has 0 amide bonds. The van der Waals surface area contributed by atoms with E-state index >= 15 is 0 Å². The van der Waals surface area contributed by atoms with Crippen molar-refractivity contribution in [2.24, 2.45) is 0 Å². The van der Waals surface area contributed by atoms with Crippen LogP contribution in [0.3, 0.4) is 0 Å². The second kappa shape index (κ2) is 9.83. The van der Waals surface area contributed by atoms with E-state index in [-0.39, 0.29) is 12.9 Å². The van der Waals surface area contributed by atoms with Gasteiger partial charge in [0.25, 0.3) is 0 Å². The van der Waals surface area contributed by atoms with Crippen LogP contribution >= 0.6 is 11.6 Å². The Labute approximate surface area is 179 Å². The third-order valence-electron chi connectivity index (χ3n) is 4.65. The maximum absolute atomic E-state index is 10.9. The van der Waals surface area contributed by atoms with Gasteiger partial charge in [0.05, 0.1) is 22.8 Å². The number of aliphatic hydroxyl groups is 1. The molecule has 7 nitrogen and oxygen atoms in total. The van der Waals surface area contributed by atoms with E-state index in [0.717, 1.165) is 19.3 Å². The molecule has 0 saturated carbocycles. The van der Waals surface area contributed by atoms with E-state index in [2.05, 4.69) is 27.0 Å². The van der Waals surface area contributed by atoms with E-state index in [1.54, 1.807) is 24.5 Å². The molecule has 2 aromatic heterocycles. The number of hydrogen-bond donors (Lipinski definition) is 1. The van der Waals surface area contributed by atoms with Gasteiger partial charge in [0, 0.05) is 24.6 Å². The molecule has 1 N–H and O–H groups in total. The largest absolute Gasteiger partial charge is 0.376 e. The van der Waals surface area contributed by atoms with Crippen LogP contribution in [0.4, 0.5) is 0 Å². The molecule has 2 unspecified atom stereocenters. The van der Waals surface area contributed by atoms with Gasteiger partial charge in [0.2, 0.25) is 0 Å². The molecular formula is C22H20ClN3O4. The Morgan fingerprint density at radius 3 is 2.83 bits per heavy atom. The van der Waals surface area contributed by atoms with Crippen molar-refractivity contribution in [3.8, 4) is 23.2 Å². The molecule has 8 heteroatoms. The molecule has 0 spiro atoms. The van der Waals surface area contributed by atoms with E-state index in [4.69, 9.17) is 25.6 Å². The maximum Gasteiger partial charge on any atom is 0.175 e. The summed E-state index contributed by atoms with van der Waals surface area (Å²) in [5, 5.41) is 15.5. The van der Waals surface area contributed by atoms with E-state index in [1.807, 2.05) is 12.1 Å². The first kappa shape index (κ1) is 20.5. The van der Waals surface area contributed by atoms with E-state index in [9.17, 15) is 5.11 Å². The molecule has 154 valence electrons. The Morgan fingerprint density at radius 2 is 2.07 bits per heavy atom. The molecule has 4 rings (SSSR count). The number of nitrogens with zero attached hydrogens (tertiary/aromatic N) is 3. The SMILES string of the molecule is OC(C#Cc1cncnc1)c1c(COC2CCCCO2)noc1-c1ccccc1Cl. The normalized spacial score (nSPS) is 17.2. The molecular weight excluding hydrogens is 406 g/mol. The molecule has 1 aromatic carbocycles. The van der Waals surface area contributed by atoms with Crippen LogP contribution in [0.25, 0.3) is 11.3 Å². The molecule has 1 saturated heterocycles. The van der Waals surface area contributed by atoms with Gasteiger partial charge < -0.3 is 19.1 Å². The van der Waals surface area contributed by atoms with Crippen LogP contribution in [0.5, 0.6) is 0 Å². The zero-order valence-corrected chi connectivity index (χ0v) is 16.9. The van der Waals surface area contributed by atoms with Crippen molar-refractivity contribution in [1.82, 2.24) is 15.1 Å². The number of ether oxygens (including phenoxy) is 2. The highest BCUT2D eigenvalue weighted by Crippen LogP contribution is 2.35. The monoisotopic (exact) mass is 425 g/mol. The maximum atomic E-state index is 10.9. The number of benzene rings is 1. The number of hydrogen-bond acceptors (Lipinski definition) is 7. The summed E-state index contributed by atoms with van der Waals surface area (Å²) in [5.74, 6) is 6.03. The lowest BCUT2D eigenvalue weighted by Gasteiger charge is -2.22. The third kappa shape index (κ3) is 4.86. The quantitative estimate of drug-likeness (QED) is 0.619. The van der Waals surface area contributed by atoms with E-state index < -0.39 is 6.10 Å². The zero-order chi connectivity index (χ0) is 20.8. The van der Waals surface area contributed by atoms with Crippen molar-refractivity contribution in [1.29, 1.82) is 0 Å². The van der Waals surface area contributed by atoms with E-state index in [0.29, 0.717) is 39.8 Å². The fourth-order valence-electron chi connectivity index (χ4n) is 3.16. The summed E-state index contributed by atoms with van der Waals surface area (Å²) in [4.78, 5) is 7.85. The highest BCUT2D eigenvalue weighted by atomic mass is 35.5. The van der Waals surface area contributed by atoms with Gasteiger partial charge in [-0.05, 0) is 31.4 Å². The van der Waals surface area contributed by atoms with E-state index in [1.165, 1.54) is 6.33 Å². The second-order valence-corrected chi connectivity index (χ2v) is 7.17. The summed E-state index contributed by atoms with van der Waals surface area (Å²) in [6, 6.07) is 7.19. The number of rotatable bonds is 5. The Kier molecular flexibility index (Phi) is 6.72. The summed E-state index contributed by atoms with van der Waals surface area (Å²) in [6.45, 7) is 0.801. The van der Waals surface area contributed by atoms with Crippen molar-refractivity contribution in [2.45, 2.75) is 38.3 Å². The fourth-order valence-corrected chi connectivity index (χ4v) is 3.38. The molecule has 0 aliphatic carbocycles. The van der Waals surface area contributed by atoms with Gasteiger partial charge in [0.1, 0.15) is 18.1 Å². The summed E-state index contributed by atoms with van der Waals surface area (Å²) in [6.07, 6.45) is 5.99. The standard InChI is InChI=1S/C22H20ClN3O4/c23-17-6-2-1-5-16(17)22-21(19(27)9-8-15-11-24-14-25-12-15)18(26-30-22)13-29-20-7-3-4-10-28-20/h1-2,5-6,11-12,14,19-20,27H,3-4,7,10,13H2. The van der Waals surface area contributed by atoms with Crippen LogP contribution in [-0.4, -0.2) is 33.1 Å². The third-order valence-corrected chi connectivity index (χ3v) is 4.98. The summed E-state index contributed by atoms with van der Waals surface area (Å²) in [7, 11) is 0. The predicted molar refractivity (Wildman–Crippen MR) is 109 cm³/mol. The van der Waals surface area contributed by atoms with Crippen molar-refractivity contribution >= 4 is 11.6 Å². The highest BCUT2D eigenvalue weighted by Gasteiger charge is 2.26. The minimum absolute atomic E-state index is 0.126. The average Bonchev–Trinajstić information content (AvgIpc) is 3.21. The topological polar surface area (TPSA) is 90.5 Å². The first-order valence-electron chi connectivity index (χ1n) is 9.63. The van der Waals surface area contributed by atoms with Crippen LogP contribution in [-0.2, 0) is 16.1 Å². The molecule has 3 aromatic rings. The van der Waals surface area contributed by atoms with Gasteiger partial charge in [-0.25, -0.2) is 9.97 Å². The first-order valence-corrected chi connectivity index (χ1v) is 10.0. The minimum Gasteiger partial charge on any atom is -0.376 e. The lowest BCUT2D eigenvalue weighted by molar-refractivity contribution is -0.169. The molecule has 1 aliphatic rings. The molecule has 1 fully saturated rings. The Balaban J connectivity index is 1.65. The molecule has 2 atom stereocenters. The predicted octanol–water partition coefficient (Wildman–Crippen LogP) is 3.91. The highest BCUT2D eigenvalue weighted by molar-refractivity contribution is 6.33. The summed E-state index contributed by atoms with van der Waals surface area (Å²) in [5.41, 5.74) is 2.07. The van der Waals surface area contributed by atoms with Gasteiger partial charge in [-0.3, -0.25) is 0 Å². The lowest BCUT2D eigenvalue weighted by atomic mass is 10.0. The molecule has 1 aliphatic heterocycles. The summed E-state index contributed by atoms with van der Waals surface area (Å²) >= 11 is 6.34. The van der Waals surface area contributed by atoms with Gasteiger partial charge in [-0.2, -0.15) is 0 Å². The van der Waals surface area contributed by atoms with Crippen LogP contribution in [0, 0.1) is 11.8 Å². The average molecular weight is 426 g/mol. The number of halogens is 1. The van der Waals surface area contributed by atoms with Crippen LogP contribution < -0.4 is 0 Å². The van der Waals surface area contributed by atoms with Crippen molar-refractivity contribution in [2.75, 3.05) is 6.61 Å². The number of aromatic nitrogens is 3. The zero-order valence-electron chi connectivity index (χ0n) is 16.1. The molecule has 30 heavy (non-hydrogen) atoms. The van der Waals surface area contributed by atoms with Crippen LogP contribution in [0.2, 0.25) is 5.02 Å². The van der Waals surface area contributed by atoms with Crippen molar-refractivity contribution in [3.63, 3.8) is 0 Å². The first-order chi connectivity index (χ1) is 14.7. The molecule has 3 heterocycles. The Bertz CT molecular complexity index is 1040. The Morgan fingerprint density at radius 1 is 1.23 bits per heavy atom. The van der Waals surface area contributed by atoms with Gasteiger partial charge in [-0.1, -0.05) is 40.7 Å². The van der Waals surface area contributed by atoms with Gasteiger partial charge >= 0.3 is 0 Å². The second-order valence-electron chi connectivity index (χ2n) is 6.76. The molecule has 0 bridgehead atoms. The van der Waals surface area contributed by atoms with Crippen molar-refractivity contribution in [3.05, 3.63) is 64.8 Å². The summed E-state index contributed by atoms with van der Waals surface area (Å²) < 4.78 is 17.0. The smallest absolute Gasteiger partial charge is 0.175 e. The van der Waals surface area contributed by atoms with Gasteiger partial charge in [0.15, 0.2) is 12.1 Å². The van der Waals surface area contributed by atoms with Crippen LogP contribution in [0.1, 0.15) is 42.2 Å². The minimum atomic E-state index is -1.17. The van der Waals surface area contributed by atoms with Gasteiger partial charge in [-0.15, -0.1) is 0 Å². The molecule has 0 radical (unpaired) electrons.